The van der Waals surface area contributed by atoms with Gasteiger partial charge >= 0.3 is 0 Å². The number of amides is 2. The van der Waals surface area contributed by atoms with Gasteiger partial charge in [0.15, 0.2) is 0 Å². The van der Waals surface area contributed by atoms with Crippen LogP contribution >= 0.6 is 0 Å². The second-order valence-electron chi connectivity index (χ2n) is 6.30. The summed E-state index contributed by atoms with van der Waals surface area (Å²) in [5.74, 6) is 0.179. The van der Waals surface area contributed by atoms with Crippen molar-refractivity contribution in [1.29, 1.82) is 0 Å². The lowest BCUT2D eigenvalue weighted by Crippen LogP contribution is -2.37. The molecule has 2 aromatic rings. The van der Waals surface area contributed by atoms with Gasteiger partial charge in [0.05, 0.1) is 13.2 Å². The Morgan fingerprint density at radius 2 is 2.04 bits per heavy atom. The molecule has 0 aliphatic carbocycles. The van der Waals surface area contributed by atoms with Gasteiger partial charge < -0.3 is 15.0 Å². The molecule has 1 aliphatic heterocycles. The molecular formula is C20H21FN2O3. The minimum atomic E-state index is -0.387. The zero-order chi connectivity index (χ0) is 18.5. The van der Waals surface area contributed by atoms with Crippen LogP contribution in [0.1, 0.15) is 18.4 Å². The first kappa shape index (κ1) is 17.9. The summed E-state index contributed by atoms with van der Waals surface area (Å²) in [4.78, 5) is 25.8. The van der Waals surface area contributed by atoms with Gasteiger partial charge in [-0.3, -0.25) is 9.59 Å². The number of anilines is 1. The number of methoxy groups -OCH3 is 1. The van der Waals surface area contributed by atoms with E-state index in [1.807, 2.05) is 24.3 Å². The van der Waals surface area contributed by atoms with Crippen molar-refractivity contribution in [1.82, 2.24) is 5.32 Å². The predicted molar refractivity (Wildman–Crippen MR) is 96.6 cm³/mol. The zero-order valence-corrected chi connectivity index (χ0v) is 14.6. The van der Waals surface area contributed by atoms with E-state index >= 15 is 0 Å². The maximum Gasteiger partial charge on any atom is 0.229 e. The minimum absolute atomic E-state index is 0.0975. The fourth-order valence-electron chi connectivity index (χ4n) is 3.05. The van der Waals surface area contributed by atoms with E-state index in [2.05, 4.69) is 5.32 Å². The van der Waals surface area contributed by atoms with E-state index in [9.17, 15) is 14.0 Å². The number of carbonyl (C=O) groups excluding carboxylic acids is 2. The molecule has 0 radical (unpaired) electrons. The second kappa shape index (κ2) is 7.99. The van der Waals surface area contributed by atoms with Crippen LogP contribution in [0.25, 0.3) is 0 Å². The van der Waals surface area contributed by atoms with Crippen LogP contribution in [0.4, 0.5) is 10.1 Å². The van der Waals surface area contributed by atoms with E-state index in [0.29, 0.717) is 25.1 Å². The molecule has 5 nitrogen and oxygen atoms in total. The van der Waals surface area contributed by atoms with Gasteiger partial charge in [-0.05, 0) is 42.3 Å². The molecule has 1 saturated heterocycles. The standard InChI is InChI=1S/C20H21FN2O3/c1-26-18-8-5-14(6-9-18)7-10-19(24)22-16-12-20(25)23(13-16)17-4-2-3-15(21)11-17/h2-6,8-9,11,16H,7,10,12-13H2,1H3,(H,22,24)/t16-/m1/s1. The molecule has 1 heterocycles. The minimum Gasteiger partial charge on any atom is -0.497 e. The van der Waals surface area contributed by atoms with Crippen molar-refractivity contribution >= 4 is 17.5 Å². The Morgan fingerprint density at radius 3 is 2.73 bits per heavy atom. The first-order valence-electron chi connectivity index (χ1n) is 8.53. The smallest absolute Gasteiger partial charge is 0.229 e. The molecule has 2 aromatic carbocycles. The van der Waals surface area contributed by atoms with Crippen LogP contribution in [0.2, 0.25) is 0 Å². The number of carbonyl (C=O) groups is 2. The Hall–Kier alpha value is -2.89. The SMILES string of the molecule is COc1ccc(CCC(=O)N[C@@H]2CC(=O)N(c3cccc(F)c3)C2)cc1. The van der Waals surface area contributed by atoms with E-state index < -0.39 is 0 Å². The van der Waals surface area contributed by atoms with Gasteiger partial charge in [-0.1, -0.05) is 18.2 Å². The summed E-state index contributed by atoms with van der Waals surface area (Å²) >= 11 is 0. The third-order valence-corrected chi connectivity index (χ3v) is 4.41. The van der Waals surface area contributed by atoms with Crippen LogP contribution < -0.4 is 15.0 Å². The molecule has 136 valence electrons. The molecule has 1 aliphatic rings. The topological polar surface area (TPSA) is 58.6 Å². The molecule has 0 saturated carbocycles. The Labute approximate surface area is 151 Å². The quantitative estimate of drug-likeness (QED) is 0.866. The Kier molecular flexibility index (Phi) is 5.51. The van der Waals surface area contributed by atoms with Crippen molar-refractivity contribution in [3.8, 4) is 5.75 Å². The van der Waals surface area contributed by atoms with Crippen molar-refractivity contribution < 1.29 is 18.7 Å². The molecular weight excluding hydrogens is 335 g/mol. The highest BCUT2D eigenvalue weighted by atomic mass is 19.1. The van der Waals surface area contributed by atoms with Crippen molar-refractivity contribution in [3.63, 3.8) is 0 Å². The molecule has 26 heavy (non-hydrogen) atoms. The fourth-order valence-corrected chi connectivity index (χ4v) is 3.05. The summed E-state index contributed by atoms with van der Waals surface area (Å²) in [5, 5.41) is 2.90. The van der Waals surface area contributed by atoms with Gasteiger partial charge in [0.1, 0.15) is 11.6 Å². The third-order valence-electron chi connectivity index (χ3n) is 4.41. The Bertz CT molecular complexity index is 792. The van der Waals surface area contributed by atoms with Crippen LogP contribution in [0.5, 0.6) is 5.75 Å². The fraction of sp³-hybridized carbons (Fsp3) is 0.300. The number of hydrogen-bond donors (Lipinski definition) is 1. The van der Waals surface area contributed by atoms with Crippen molar-refractivity contribution in [2.45, 2.75) is 25.3 Å². The summed E-state index contributed by atoms with van der Waals surface area (Å²) in [7, 11) is 1.61. The number of halogens is 1. The van der Waals surface area contributed by atoms with Crippen LogP contribution in [0.3, 0.4) is 0 Å². The van der Waals surface area contributed by atoms with Gasteiger partial charge in [0, 0.05) is 25.1 Å². The van der Waals surface area contributed by atoms with E-state index in [1.165, 1.54) is 17.0 Å². The molecule has 3 rings (SSSR count). The number of hydrogen-bond acceptors (Lipinski definition) is 3. The lowest BCUT2D eigenvalue weighted by Gasteiger charge is -2.17. The molecule has 0 unspecified atom stereocenters. The zero-order valence-electron chi connectivity index (χ0n) is 14.6. The summed E-state index contributed by atoms with van der Waals surface area (Å²) < 4.78 is 18.5. The van der Waals surface area contributed by atoms with Crippen molar-refractivity contribution in [2.24, 2.45) is 0 Å². The molecule has 0 spiro atoms. The van der Waals surface area contributed by atoms with E-state index in [4.69, 9.17) is 4.74 Å². The lowest BCUT2D eigenvalue weighted by atomic mass is 10.1. The molecule has 2 amide bonds. The lowest BCUT2D eigenvalue weighted by molar-refractivity contribution is -0.121. The van der Waals surface area contributed by atoms with Crippen LogP contribution in [0, 0.1) is 5.82 Å². The highest BCUT2D eigenvalue weighted by Crippen LogP contribution is 2.22. The largest absolute Gasteiger partial charge is 0.497 e. The number of ether oxygens (including phenoxy) is 1. The first-order valence-corrected chi connectivity index (χ1v) is 8.53. The highest BCUT2D eigenvalue weighted by Gasteiger charge is 2.31. The average molecular weight is 356 g/mol. The Balaban J connectivity index is 1.51. The summed E-state index contributed by atoms with van der Waals surface area (Å²) in [5.41, 5.74) is 1.56. The van der Waals surface area contributed by atoms with Gasteiger partial charge in [-0.2, -0.15) is 0 Å². The maximum absolute atomic E-state index is 13.3. The van der Waals surface area contributed by atoms with Gasteiger partial charge in [-0.15, -0.1) is 0 Å². The number of nitrogens with zero attached hydrogens (tertiary/aromatic N) is 1. The van der Waals surface area contributed by atoms with Crippen molar-refractivity contribution in [3.05, 3.63) is 59.9 Å². The maximum atomic E-state index is 13.3. The highest BCUT2D eigenvalue weighted by molar-refractivity contribution is 5.96. The average Bonchev–Trinajstić information content (AvgIpc) is 3.00. The number of aryl methyl sites for hydroxylation is 1. The van der Waals surface area contributed by atoms with E-state index in [1.54, 1.807) is 19.2 Å². The molecule has 1 N–H and O–H groups in total. The molecule has 1 atom stereocenters. The predicted octanol–water partition coefficient (Wildman–Crippen LogP) is 2.69. The Morgan fingerprint density at radius 1 is 1.27 bits per heavy atom. The number of benzene rings is 2. The van der Waals surface area contributed by atoms with Crippen LogP contribution in [-0.4, -0.2) is 31.5 Å². The van der Waals surface area contributed by atoms with Crippen LogP contribution in [-0.2, 0) is 16.0 Å². The third kappa shape index (κ3) is 4.39. The summed E-state index contributed by atoms with van der Waals surface area (Å²) in [6.45, 7) is 0.358. The van der Waals surface area contributed by atoms with Gasteiger partial charge in [0.25, 0.3) is 0 Å². The molecule has 1 fully saturated rings. The molecule has 6 heteroatoms. The summed E-state index contributed by atoms with van der Waals surface area (Å²) in [6, 6.07) is 13.2. The van der Waals surface area contributed by atoms with Crippen LogP contribution in [0.15, 0.2) is 48.5 Å². The normalized spacial score (nSPS) is 16.6. The molecule has 0 aromatic heterocycles. The first-order chi connectivity index (χ1) is 12.5. The second-order valence-corrected chi connectivity index (χ2v) is 6.30. The van der Waals surface area contributed by atoms with E-state index in [-0.39, 0.29) is 30.1 Å². The number of nitrogens with one attached hydrogen (secondary N) is 1. The van der Waals surface area contributed by atoms with Gasteiger partial charge in [-0.25, -0.2) is 4.39 Å². The number of rotatable bonds is 6. The van der Waals surface area contributed by atoms with Gasteiger partial charge in [0.2, 0.25) is 11.8 Å². The molecule has 0 bridgehead atoms. The monoisotopic (exact) mass is 356 g/mol. The van der Waals surface area contributed by atoms with Crippen molar-refractivity contribution in [2.75, 3.05) is 18.6 Å². The summed E-state index contributed by atoms with van der Waals surface area (Å²) in [6.07, 6.45) is 1.19. The van der Waals surface area contributed by atoms with E-state index in [0.717, 1.165) is 11.3 Å².